The number of ether oxygens (including phenoxy) is 2. The smallest absolute Gasteiger partial charge is 0.223 e. The summed E-state index contributed by atoms with van der Waals surface area (Å²) in [5.41, 5.74) is 1.49. The molecule has 6 heteroatoms. The molecule has 1 aromatic rings. The molecule has 2 unspecified atom stereocenters. The fourth-order valence-electron chi connectivity index (χ4n) is 4.69. The van der Waals surface area contributed by atoms with Crippen LogP contribution in [-0.2, 0) is 9.53 Å². The van der Waals surface area contributed by atoms with Crippen LogP contribution in [0.1, 0.15) is 30.9 Å². The molecule has 3 aliphatic rings. The molecule has 1 saturated carbocycles. The summed E-state index contributed by atoms with van der Waals surface area (Å²) in [6.45, 7) is 6.03. The van der Waals surface area contributed by atoms with Crippen molar-refractivity contribution in [3.05, 3.63) is 29.8 Å². The van der Waals surface area contributed by atoms with E-state index in [1.54, 1.807) is 7.11 Å². The molecular formula is C21H31N3O3. The van der Waals surface area contributed by atoms with Crippen molar-refractivity contribution in [1.29, 1.82) is 0 Å². The van der Waals surface area contributed by atoms with Gasteiger partial charge in [0.15, 0.2) is 0 Å². The maximum absolute atomic E-state index is 12.8. The van der Waals surface area contributed by atoms with E-state index in [4.69, 9.17) is 9.47 Å². The van der Waals surface area contributed by atoms with Gasteiger partial charge in [0.2, 0.25) is 5.91 Å². The number of carbonyl (C=O) groups excluding carboxylic acids is 1. The largest absolute Gasteiger partial charge is 0.497 e. The fraction of sp³-hybridized carbons (Fsp3) is 0.667. The van der Waals surface area contributed by atoms with Crippen LogP contribution in [-0.4, -0.2) is 63.9 Å². The van der Waals surface area contributed by atoms with Gasteiger partial charge in [-0.15, -0.1) is 0 Å². The zero-order valence-corrected chi connectivity index (χ0v) is 16.2. The second-order valence-corrected chi connectivity index (χ2v) is 8.05. The van der Waals surface area contributed by atoms with Gasteiger partial charge in [0, 0.05) is 25.6 Å². The summed E-state index contributed by atoms with van der Waals surface area (Å²) in [4.78, 5) is 15.2. The SMILES string of the molecule is COc1ccc(C(CNC(=O)C2CC23CCNCC3)N2CCOCC2)cc1. The molecule has 0 bridgehead atoms. The van der Waals surface area contributed by atoms with Crippen LogP contribution in [0.25, 0.3) is 0 Å². The molecule has 2 N–H and O–H groups in total. The summed E-state index contributed by atoms with van der Waals surface area (Å²) in [7, 11) is 1.68. The molecule has 1 aromatic carbocycles. The van der Waals surface area contributed by atoms with Gasteiger partial charge in [-0.2, -0.15) is 0 Å². The van der Waals surface area contributed by atoms with Gasteiger partial charge in [-0.3, -0.25) is 9.69 Å². The Morgan fingerprint density at radius 2 is 2.00 bits per heavy atom. The van der Waals surface area contributed by atoms with Crippen molar-refractivity contribution in [2.75, 3.05) is 53.0 Å². The summed E-state index contributed by atoms with van der Waals surface area (Å²) in [5.74, 6) is 1.30. The fourth-order valence-corrected chi connectivity index (χ4v) is 4.69. The predicted molar refractivity (Wildman–Crippen MR) is 104 cm³/mol. The highest BCUT2D eigenvalue weighted by molar-refractivity contribution is 5.82. The van der Waals surface area contributed by atoms with E-state index in [0.29, 0.717) is 6.54 Å². The van der Waals surface area contributed by atoms with Crippen molar-refractivity contribution in [3.8, 4) is 5.75 Å². The highest BCUT2D eigenvalue weighted by atomic mass is 16.5. The molecule has 148 valence electrons. The quantitative estimate of drug-likeness (QED) is 0.793. The van der Waals surface area contributed by atoms with Crippen LogP contribution >= 0.6 is 0 Å². The zero-order chi connectivity index (χ0) is 18.7. The summed E-state index contributed by atoms with van der Waals surface area (Å²) in [5, 5.41) is 6.67. The number of carbonyl (C=O) groups is 1. The molecule has 1 amide bonds. The number of hydrogen-bond donors (Lipinski definition) is 2. The van der Waals surface area contributed by atoms with E-state index in [1.807, 2.05) is 12.1 Å². The molecule has 2 heterocycles. The molecule has 2 aliphatic heterocycles. The van der Waals surface area contributed by atoms with Crippen LogP contribution < -0.4 is 15.4 Å². The molecule has 3 fully saturated rings. The van der Waals surface area contributed by atoms with Crippen LogP contribution in [0.4, 0.5) is 0 Å². The first-order chi connectivity index (χ1) is 13.2. The molecule has 4 rings (SSSR count). The lowest BCUT2D eigenvalue weighted by Gasteiger charge is -2.35. The van der Waals surface area contributed by atoms with E-state index in [2.05, 4.69) is 27.7 Å². The van der Waals surface area contributed by atoms with Crippen LogP contribution in [0.2, 0.25) is 0 Å². The molecule has 0 aromatic heterocycles. The van der Waals surface area contributed by atoms with Crippen molar-refractivity contribution in [1.82, 2.24) is 15.5 Å². The minimum Gasteiger partial charge on any atom is -0.497 e. The predicted octanol–water partition coefficient (Wildman–Crippen LogP) is 1.57. The van der Waals surface area contributed by atoms with Gasteiger partial charge in [-0.05, 0) is 55.5 Å². The standard InChI is InChI=1S/C21H31N3O3/c1-26-17-4-2-16(3-5-17)19(24-10-12-27-13-11-24)15-23-20(25)18-14-21(18)6-8-22-9-7-21/h2-5,18-19,22H,6-15H2,1H3,(H,23,25). The molecule has 1 spiro atoms. The number of nitrogens with one attached hydrogen (secondary N) is 2. The van der Waals surface area contributed by atoms with E-state index in [9.17, 15) is 4.79 Å². The maximum atomic E-state index is 12.8. The number of methoxy groups -OCH3 is 1. The number of rotatable bonds is 6. The van der Waals surface area contributed by atoms with E-state index < -0.39 is 0 Å². The lowest BCUT2D eigenvalue weighted by molar-refractivity contribution is -0.123. The first-order valence-corrected chi connectivity index (χ1v) is 10.2. The Balaban J connectivity index is 1.40. The number of amides is 1. The molecule has 1 aliphatic carbocycles. The van der Waals surface area contributed by atoms with Crippen LogP contribution in [0.5, 0.6) is 5.75 Å². The average Bonchev–Trinajstić information content (AvgIpc) is 3.42. The topological polar surface area (TPSA) is 62.8 Å². The first-order valence-electron chi connectivity index (χ1n) is 10.2. The summed E-state index contributed by atoms with van der Waals surface area (Å²) in [6.07, 6.45) is 3.33. The summed E-state index contributed by atoms with van der Waals surface area (Å²) >= 11 is 0. The van der Waals surface area contributed by atoms with Crippen molar-refractivity contribution < 1.29 is 14.3 Å². The van der Waals surface area contributed by atoms with Crippen molar-refractivity contribution in [2.45, 2.75) is 25.3 Å². The number of benzene rings is 1. The summed E-state index contributed by atoms with van der Waals surface area (Å²) in [6, 6.07) is 8.38. The van der Waals surface area contributed by atoms with E-state index in [-0.39, 0.29) is 23.3 Å². The monoisotopic (exact) mass is 373 g/mol. The van der Waals surface area contributed by atoms with E-state index in [0.717, 1.165) is 64.4 Å². The molecule has 27 heavy (non-hydrogen) atoms. The minimum atomic E-state index is 0.173. The highest BCUT2D eigenvalue weighted by Gasteiger charge is 2.57. The molecule has 6 nitrogen and oxygen atoms in total. The second kappa shape index (κ2) is 8.17. The number of nitrogens with zero attached hydrogens (tertiary/aromatic N) is 1. The van der Waals surface area contributed by atoms with Crippen molar-refractivity contribution in [3.63, 3.8) is 0 Å². The van der Waals surface area contributed by atoms with Crippen molar-refractivity contribution >= 4 is 5.91 Å². The number of hydrogen-bond acceptors (Lipinski definition) is 5. The minimum absolute atomic E-state index is 0.173. The van der Waals surface area contributed by atoms with Gasteiger partial charge in [-0.1, -0.05) is 12.1 Å². The van der Waals surface area contributed by atoms with Gasteiger partial charge >= 0.3 is 0 Å². The third kappa shape index (κ3) is 4.13. The Morgan fingerprint density at radius 1 is 1.30 bits per heavy atom. The van der Waals surface area contributed by atoms with E-state index in [1.165, 1.54) is 5.56 Å². The normalized spacial score (nSPS) is 25.7. The van der Waals surface area contributed by atoms with Crippen LogP contribution in [0.15, 0.2) is 24.3 Å². The van der Waals surface area contributed by atoms with Crippen molar-refractivity contribution in [2.24, 2.45) is 11.3 Å². The molecule has 0 radical (unpaired) electrons. The Bertz CT molecular complexity index is 637. The summed E-state index contributed by atoms with van der Waals surface area (Å²) < 4.78 is 10.8. The molecular weight excluding hydrogens is 342 g/mol. The Morgan fingerprint density at radius 3 is 2.67 bits per heavy atom. The van der Waals surface area contributed by atoms with Gasteiger partial charge in [-0.25, -0.2) is 0 Å². The lowest BCUT2D eigenvalue weighted by Crippen LogP contribution is -2.44. The maximum Gasteiger partial charge on any atom is 0.223 e. The van der Waals surface area contributed by atoms with Gasteiger partial charge in [0.1, 0.15) is 5.75 Å². The second-order valence-electron chi connectivity index (χ2n) is 8.05. The van der Waals surface area contributed by atoms with Gasteiger partial charge < -0.3 is 20.1 Å². The Kier molecular flexibility index (Phi) is 5.66. The molecule has 2 saturated heterocycles. The van der Waals surface area contributed by atoms with Gasteiger partial charge in [0.25, 0.3) is 0 Å². The lowest BCUT2D eigenvalue weighted by atomic mass is 9.91. The van der Waals surface area contributed by atoms with Gasteiger partial charge in [0.05, 0.1) is 26.4 Å². The zero-order valence-electron chi connectivity index (χ0n) is 16.2. The average molecular weight is 373 g/mol. The highest BCUT2D eigenvalue weighted by Crippen LogP contribution is 2.58. The van der Waals surface area contributed by atoms with Crippen LogP contribution in [0.3, 0.4) is 0 Å². The molecule has 2 atom stereocenters. The van der Waals surface area contributed by atoms with Crippen LogP contribution in [0, 0.1) is 11.3 Å². The van der Waals surface area contributed by atoms with E-state index >= 15 is 0 Å². The third-order valence-corrected chi connectivity index (χ3v) is 6.56. The number of morpholine rings is 1. The number of piperidine rings is 1. The third-order valence-electron chi connectivity index (χ3n) is 6.56. The Hall–Kier alpha value is -1.63. The first kappa shape index (κ1) is 18.7. The Labute approximate surface area is 161 Å².